The van der Waals surface area contributed by atoms with Gasteiger partial charge >= 0.3 is 0 Å². The Hall–Kier alpha value is -2.79. The minimum Gasteiger partial charge on any atom is -0.295 e. The fraction of sp³-hybridized carbons (Fsp3) is 0.158. The van der Waals surface area contributed by atoms with Crippen molar-refractivity contribution in [1.82, 2.24) is 9.78 Å². The first kappa shape index (κ1) is 17.0. The molecule has 3 rings (SSSR count). The lowest BCUT2D eigenvalue weighted by atomic mass is 10.1. The van der Waals surface area contributed by atoms with Crippen LogP contribution in [0.15, 0.2) is 52.4 Å². The monoisotopic (exact) mass is 354 g/mol. The van der Waals surface area contributed by atoms with Gasteiger partial charge in [0.25, 0.3) is 5.56 Å². The van der Waals surface area contributed by atoms with Crippen LogP contribution >= 0.6 is 11.6 Å². The van der Waals surface area contributed by atoms with E-state index in [-0.39, 0.29) is 5.56 Å². The number of H-pyrrole nitrogens is 1. The number of hydrogen-bond acceptors (Lipinski definition) is 3. The zero-order chi connectivity index (χ0) is 18.0. The second kappa shape index (κ2) is 6.99. The molecule has 0 amide bonds. The van der Waals surface area contributed by atoms with E-state index < -0.39 is 0 Å². The predicted octanol–water partition coefficient (Wildman–Crippen LogP) is 4.19. The van der Waals surface area contributed by atoms with Gasteiger partial charge in [-0.15, -0.1) is 0 Å². The summed E-state index contributed by atoms with van der Waals surface area (Å²) in [4.78, 5) is 12.6. The van der Waals surface area contributed by atoms with E-state index >= 15 is 0 Å². The van der Waals surface area contributed by atoms with Gasteiger partial charge in [-0.1, -0.05) is 23.7 Å². The van der Waals surface area contributed by atoms with Crippen molar-refractivity contribution in [2.24, 2.45) is 5.10 Å². The number of hydrazone groups is 1. The van der Waals surface area contributed by atoms with Crippen LogP contribution in [0.3, 0.4) is 0 Å². The van der Waals surface area contributed by atoms with E-state index in [2.05, 4.69) is 22.5 Å². The smallest absolute Gasteiger partial charge is 0.280 e. The Balaban J connectivity index is 1.86. The van der Waals surface area contributed by atoms with Crippen LogP contribution in [0.25, 0.3) is 5.69 Å². The molecule has 0 radical (unpaired) electrons. The summed E-state index contributed by atoms with van der Waals surface area (Å²) in [7, 11) is 0. The lowest BCUT2D eigenvalue weighted by molar-refractivity contribution is 0.835. The molecule has 2 aromatic carbocycles. The molecule has 0 spiro atoms. The van der Waals surface area contributed by atoms with E-state index in [1.165, 1.54) is 22.0 Å². The van der Waals surface area contributed by atoms with E-state index in [9.17, 15) is 4.79 Å². The van der Waals surface area contributed by atoms with Gasteiger partial charge in [-0.3, -0.25) is 15.3 Å². The van der Waals surface area contributed by atoms with Crippen LogP contribution in [0.5, 0.6) is 0 Å². The van der Waals surface area contributed by atoms with Crippen molar-refractivity contribution in [3.63, 3.8) is 0 Å². The largest absolute Gasteiger partial charge is 0.295 e. The van der Waals surface area contributed by atoms with Crippen LogP contribution in [0.2, 0.25) is 5.02 Å². The molecule has 0 aliphatic heterocycles. The number of rotatable bonds is 4. The Bertz CT molecular complexity index is 1000. The molecule has 6 heteroatoms. The quantitative estimate of drug-likeness (QED) is 0.545. The van der Waals surface area contributed by atoms with Gasteiger partial charge in [0.2, 0.25) is 0 Å². The highest BCUT2D eigenvalue weighted by atomic mass is 35.5. The van der Waals surface area contributed by atoms with E-state index in [1.807, 2.05) is 38.1 Å². The van der Waals surface area contributed by atoms with Crippen molar-refractivity contribution in [1.29, 1.82) is 0 Å². The fourth-order valence-corrected chi connectivity index (χ4v) is 2.68. The molecule has 0 saturated carbocycles. The van der Waals surface area contributed by atoms with E-state index in [4.69, 9.17) is 11.6 Å². The number of halogens is 1. The Morgan fingerprint density at radius 2 is 1.92 bits per heavy atom. The van der Waals surface area contributed by atoms with Gasteiger partial charge in [0.1, 0.15) is 0 Å². The molecule has 25 heavy (non-hydrogen) atoms. The number of hydrogen-bond donors (Lipinski definition) is 2. The zero-order valence-electron chi connectivity index (χ0n) is 14.3. The first-order valence-corrected chi connectivity index (χ1v) is 8.27. The van der Waals surface area contributed by atoms with Gasteiger partial charge < -0.3 is 0 Å². The van der Waals surface area contributed by atoms with Crippen molar-refractivity contribution < 1.29 is 0 Å². The second-order valence-electron chi connectivity index (χ2n) is 5.94. The Morgan fingerprint density at radius 3 is 2.64 bits per heavy atom. The lowest BCUT2D eigenvalue weighted by Gasteiger charge is -2.03. The minimum absolute atomic E-state index is 0.176. The number of aryl methyl sites for hydroxylation is 3. The first-order chi connectivity index (χ1) is 12.0. The van der Waals surface area contributed by atoms with Gasteiger partial charge in [0.05, 0.1) is 23.2 Å². The van der Waals surface area contributed by atoms with Crippen molar-refractivity contribution in [2.45, 2.75) is 20.8 Å². The van der Waals surface area contributed by atoms with E-state index in [1.54, 1.807) is 18.2 Å². The van der Waals surface area contributed by atoms with Crippen LogP contribution in [-0.4, -0.2) is 16.0 Å². The van der Waals surface area contributed by atoms with Gasteiger partial charge in [0, 0.05) is 10.7 Å². The van der Waals surface area contributed by atoms with Crippen molar-refractivity contribution >= 4 is 23.5 Å². The Labute approximate surface area is 150 Å². The lowest BCUT2D eigenvalue weighted by Crippen LogP contribution is -2.17. The Morgan fingerprint density at radius 1 is 1.12 bits per heavy atom. The van der Waals surface area contributed by atoms with Crippen molar-refractivity contribution in [3.05, 3.63) is 80.2 Å². The summed E-state index contributed by atoms with van der Waals surface area (Å²) < 4.78 is 1.46. The minimum atomic E-state index is -0.176. The molecule has 0 aliphatic rings. The standard InChI is InChI=1S/C19H19ClN4O/c1-12-7-8-16(9-13(12)2)22-21-11-18-14(3)23-24(19(18)25)17-6-4-5-15(20)10-17/h4-11,22-23H,1-3H3/b21-11+. The molecular formula is C19H19ClN4O. The fourth-order valence-electron chi connectivity index (χ4n) is 2.49. The summed E-state index contributed by atoms with van der Waals surface area (Å²) in [6, 6.07) is 13.1. The van der Waals surface area contributed by atoms with Crippen molar-refractivity contribution in [3.8, 4) is 5.69 Å². The summed E-state index contributed by atoms with van der Waals surface area (Å²) >= 11 is 6.00. The van der Waals surface area contributed by atoms with E-state index in [0.29, 0.717) is 16.3 Å². The summed E-state index contributed by atoms with van der Waals surface area (Å²) in [6.07, 6.45) is 1.53. The average Bonchev–Trinajstić information content (AvgIpc) is 2.86. The number of nitrogens with one attached hydrogen (secondary N) is 2. The maximum atomic E-state index is 12.6. The molecule has 0 aliphatic carbocycles. The maximum Gasteiger partial charge on any atom is 0.280 e. The number of aromatic amines is 1. The number of anilines is 1. The summed E-state index contributed by atoms with van der Waals surface area (Å²) in [6.45, 7) is 5.94. The molecule has 1 aromatic heterocycles. The van der Waals surface area contributed by atoms with Crippen LogP contribution in [-0.2, 0) is 0 Å². The van der Waals surface area contributed by atoms with Crippen LogP contribution < -0.4 is 11.0 Å². The SMILES string of the molecule is Cc1ccc(N/N=C/c2c(C)[nH]n(-c3cccc(Cl)c3)c2=O)cc1C. The van der Waals surface area contributed by atoms with Crippen LogP contribution in [0.4, 0.5) is 5.69 Å². The predicted molar refractivity (Wildman–Crippen MR) is 103 cm³/mol. The van der Waals surface area contributed by atoms with Gasteiger partial charge in [-0.05, 0) is 62.2 Å². The topological polar surface area (TPSA) is 62.2 Å². The molecule has 0 saturated heterocycles. The molecular weight excluding hydrogens is 336 g/mol. The van der Waals surface area contributed by atoms with Crippen LogP contribution in [0.1, 0.15) is 22.4 Å². The highest BCUT2D eigenvalue weighted by Gasteiger charge is 2.10. The van der Waals surface area contributed by atoms with Gasteiger partial charge in [-0.25, -0.2) is 4.68 Å². The molecule has 0 fully saturated rings. The Kier molecular flexibility index (Phi) is 4.76. The molecule has 2 N–H and O–H groups in total. The number of nitrogens with zero attached hydrogens (tertiary/aromatic N) is 2. The number of aromatic nitrogens is 2. The average molecular weight is 355 g/mol. The third kappa shape index (κ3) is 3.67. The molecule has 0 unspecified atom stereocenters. The molecule has 1 heterocycles. The maximum absolute atomic E-state index is 12.6. The van der Waals surface area contributed by atoms with Crippen molar-refractivity contribution in [2.75, 3.05) is 5.43 Å². The van der Waals surface area contributed by atoms with E-state index in [0.717, 1.165) is 11.4 Å². The molecule has 0 atom stereocenters. The third-order valence-electron chi connectivity index (χ3n) is 4.08. The zero-order valence-corrected chi connectivity index (χ0v) is 15.1. The second-order valence-corrected chi connectivity index (χ2v) is 6.38. The third-order valence-corrected chi connectivity index (χ3v) is 4.31. The normalized spacial score (nSPS) is 11.2. The number of benzene rings is 2. The summed E-state index contributed by atoms with van der Waals surface area (Å²) in [5.41, 5.74) is 7.98. The summed E-state index contributed by atoms with van der Waals surface area (Å²) in [5.74, 6) is 0. The van der Waals surface area contributed by atoms with Gasteiger partial charge in [0.15, 0.2) is 0 Å². The molecule has 5 nitrogen and oxygen atoms in total. The highest BCUT2D eigenvalue weighted by molar-refractivity contribution is 6.30. The molecule has 128 valence electrons. The summed E-state index contributed by atoms with van der Waals surface area (Å²) in [5, 5.41) is 7.82. The highest BCUT2D eigenvalue weighted by Crippen LogP contribution is 2.15. The van der Waals surface area contributed by atoms with Crippen LogP contribution in [0, 0.1) is 20.8 Å². The first-order valence-electron chi connectivity index (χ1n) is 7.89. The molecule has 0 bridgehead atoms. The van der Waals surface area contributed by atoms with Gasteiger partial charge in [-0.2, -0.15) is 5.10 Å². The molecule has 3 aromatic rings.